The average Bonchev–Trinajstić information content (AvgIpc) is 3.25. The zero-order valence-electron chi connectivity index (χ0n) is 12.8. The molecule has 0 radical (unpaired) electrons. The number of thiophene rings is 1. The van der Waals surface area contributed by atoms with E-state index in [1.807, 2.05) is 23.6 Å². The van der Waals surface area contributed by atoms with Crippen LogP contribution in [0.15, 0.2) is 50.8 Å². The van der Waals surface area contributed by atoms with Crippen molar-refractivity contribution >= 4 is 34.0 Å². The number of fused-ring (bicyclic) bond motifs is 1. The number of oxazole rings is 2. The lowest BCUT2D eigenvalue weighted by Gasteiger charge is -2.03. The molecule has 1 aromatic carbocycles. The van der Waals surface area contributed by atoms with Gasteiger partial charge in [0.1, 0.15) is 11.8 Å². The van der Waals surface area contributed by atoms with E-state index in [0.29, 0.717) is 28.7 Å². The van der Waals surface area contributed by atoms with Gasteiger partial charge in [-0.15, -0.1) is 11.3 Å². The maximum atomic E-state index is 12.2. The Morgan fingerprint density at radius 1 is 1.29 bits per heavy atom. The van der Waals surface area contributed by atoms with Gasteiger partial charge in [-0.3, -0.25) is 4.79 Å². The highest BCUT2D eigenvalue weighted by atomic mass is 32.1. The fourth-order valence-electron chi connectivity index (χ4n) is 2.39. The van der Waals surface area contributed by atoms with E-state index in [9.17, 15) is 4.79 Å². The molecular weight excluding hydrogens is 326 g/mol. The quantitative estimate of drug-likeness (QED) is 0.607. The first kappa shape index (κ1) is 14.6. The molecule has 1 amide bonds. The second-order valence-electron chi connectivity index (χ2n) is 5.26. The van der Waals surface area contributed by atoms with E-state index in [0.717, 1.165) is 10.4 Å². The van der Waals surface area contributed by atoms with Crippen molar-refractivity contribution < 1.29 is 13.6 Å². The van der Waals surface area contributed by atoms with E-state index in [1.165, 1.54) is 6.26 Å². The number of carbonyl (C=O) groups is 1. The third kappa shape index (κ3) is 2.93. The molecule has 24 heavy (non-hydrogen) atoms. The van der Waals surface area contributed by atoms with Crippen LogP contribution in [0, 0.1) is 6.92 Å². The van der Waals surface area contributed by atoms with Gasteiger partial charge in [0.05, 0.1) is 17.0 Å². The largest absolute Gasteiger partial charge is 0.444 e. The SMILES string of the molecule is Cc1nc2ccc(NC(=O)Cc3coc(-c4cccs4)n3)cc2o1. The van der Waals surface area contributed by atoms with Gasteiger partial charge in [0, 0.05) is 18.7 Å². The van der Waals surface area contributed by atoms with E-state index in [-0.39, 0.29) is 12.3 Å². The first-order valence-corrected chi connectivity index (χ1v) is 8.21. The van der Waals surface area contributed by atoms with E-state index in [2.05, 4.69) is 15.3 Å². The Kier molecular flexibility index (Phi) is 3.62. The molecule has 4 rings (SSSR count). The lowest BCUT2D eigenvalue weighted by Crippen LogP contribution is -2.14. The number of anilines is 1. The fourth-order valence-corrected chi connectivity index (χ4v) is 3.04. The van der Waals surface area contributed by atoms with Crippen LogP contribution in [-0.2, 0) is 11.2 Å². The monoisotopic (exact) mass is 339 g/mol. The molecule has 0 atom stereocenters. The zero-order valence-corrected chi connectivity index (χ0v) is 13.6. The molecule has 3 heterocycles. The average molecular weight is 339 g/mol. The van der Waals surface area contributed by atoms with Crippen molar-refractivity contribution in [2.45, 2.75) is 13.3 Å². The molecule has 0 fully saturated rings. The molecule has 7 heteroatoms. The highest BCUT2D eigenvalue weighted by molar-refractivity contribution is 7.13. The molecule has 6 nitrogen and oxygen atoms in total. The number of aryl methyl sites for hydroxylation is 1. The van der Waals surface area contributed by atoms with E-state index < -0.39 is 0 Å². The first-order chi connectivity index (χ1) is 11.7. The predicted octanol–water partition coefficient (Wildman–Crippen LogP) is 4.03. The molecule has 0 aliphatic rings. The third-order valence-electron chi connectivity index (χ3n) is 3.40. The van der Waals surface area contributed by atoms with Crippen LogP contribution in [0.25, 0.3) is 21.9 Å². The highest BCUT2D eigenvalue weighted by Gasteiger charge is 2.12. The van der Waals surface area contributed by atoms with E-state index in [1.54, 1.807) is 30.4 Å². The number of nitrogens with zero attached hydrogens (tertiary/aromatic N) is 2. The molecule has 1 N–H and O–H groups in total. The first-order valence-electron chi connectivity index (χ1n) is 7.33. The van der Waals surface area contributed by atoms with Crippen LogP contribution >= 0.6 is 11.3 Å². The van der Waals surface area contributed by atoms with Crippen LogP contribution in [-0.4, -0.2) is 15.9 Å². The minimum atomic E-state index is -0.170. The van der Waals surface area contributed by atoms with Crippen LogP contribution in [0.4, 0.5) is 5.69 Å². The van der Waals surface area contributed by atoms with Crippen LogP contribution in [0.1, 0.15) is 11.6 Å². The van der Waals surface area contributed by atoms with Crippen LogP contribution in [0.3, 0.4) is 0 Å². The van der Waals surface area contributed by atoms with Crippen molar-refractivity contribution in [2.75, 3.05) is 5.32 Å². The standard InChI is InChI=1S/C17H13N3O3S/c1-10-18-13-5-4-11(7-14(13)23-10)19-16(21)8-12-9-22-17(20-12)15-3-2-6-24-15/h2-7,9H,8H2,1H3,(H,19,21). The van der Waals surface area contributed by atoms with Crippen molar-refractivity contribution in [1.82, 2.24) is 9.97 Å². The number of amides is 1. The Labute approximate surface area is 141 Å². The molecule has 120 valence electrons. The Morgan fingerprint density at radius 2 is 2.21 bits per heavy atom. The minimum absolute atomic E-state index is 0.141. The van der Waals surface area contributed by atoms with Gasteiger partial charge in [-0.2, -0.15) is 0 Å². The molecule has 4 aromatic rings. The molecule has 0 spiro atoms. The zero-order chi connectivity index (χ0) is 16.5. The summed E-state index contributed by atoms with van der Waals surface area (Å²) in [6, 6.07) is 9.22. The van der Waals surface area contributed by atoms with Gasteiger partial charge >= 0.3 is 0 Å². The van der Waals surface area contributed by atoms with Gasteiger partial charge in [-0.1, -0.05) is 6.07 Å². The summed E-state index contributed by atoms with van der Waals surface area (Å²) < 4.78 is 10.9. The van der Waals surface area contributed by atoms with Crippen LogP contribution < -0.4 is 5.32 Å². The topological polar surface area (TPSA) is 81.2 Å². The smallest absolute Gasteiger partial charge is 0.236 e. The second kappa shape index (κ2) is 5.93. The number of carbonyl (C=O) groups excluding carboxylic acids is 1. The molecule has 0 aliphatic carbocycles. The molecule has 3 aromatic heterocycles. The second-order valence-corrected chi connectivity index (χ2v) is 6.21. The highest BCUT2D eigenvalue weighted by Crippen LogP contribution is 2.24. The number of rotatable bonds is 4. The molecule has 0 bridgehead atoms. The van der Waals surface area contributed by atoms with Crippen LogP contribution in [0.2, 0.25) is 0 Å². The fraction of sp³-hybridized carbons (Fsp3) is 0.118. The summed E-state index contributed by atoms with van der Waals surface area (Å²) in [6.07, 6.45) is 1.65. The minimum Gasteiger partial charge on any atom is -0.444 e. The van der Waals surface area contributed by atoms with Gasteiger partial charge in [-0.05, 0) is 23.6 Å². The summed E-state index contributed by atoms with van der Waals surface area (Å²) in [4.78, 5) is 21.7. The van der Waals surface area contributed by atoms with Gasteiger partial charge in [0.15, 0.2) is 11.5 Å². The summed E-state index contributed by atoms with van der Waals surface area (Å²) in [5.41, 5.74) is 2.66. The number of nitrogens with one attached hydrogen (secondary N) is 1. The predicted molar refractivity (Wildman–Crippen MR) is 90.9 cm³/mol. The van der Waals surface area contributed by atoms with E-state index >= 15 is 0 Å². The maximum Gasteiger partial charge on any atom is 0.236 e. The van der Waals surface area contributed by atoms with Crippen molar-refractivity contribution in [1.29, 1.82) is 0 Å². The molecular formula is C17H13N3O3S. The summed E-state index contributed by atoms with van der Waals surface area (Å²) in [6.45, 7) is 1.79. The molecule has 0 saturated carbocycles. The molecule has 0 unspecified atom stereocenters. The van der Waals surface area contributed by atoms with Gasteiger partial charge in [-0.25, -0.2) is 9.97 Å². The van der Waals surface area contributed by atoms with E-state index in [4.69, 9.17) is 8.83 Å². The number of benzene rings is 1. The van der Waals surface area contributed by atoms with Gasteiger partial charge in [0.2, 0.25) is 11.8 Å². The molecule has 0 aliphatic heterocycles. The summed E-state index contributed by atoms with van der Waals surface area (Å²) >= 11 is 1.54. The van der Waals surface area contributed by atoms with Crippen LogP contribution in [0.5, 0.6) is 0 Å². The Hall–Kier alpha value is -2.93. The summed E-state index contributed by atoms with van der Waals surface area (Å²) in [5.74, 6) is 0.958. The normalized spacial score (nSPS) is 11.0. The summed E-state index contributed by atoms with van der Waals surface area (Å²) in [7, 11) is 0. The van der Waals surface area contributed by atoms with Crippen molar-refractivity contribution in [3.63, 3.8) is 0 Å². The lowest BCUT2D eigenvalue weighted by molar-refractivity contribution is -0.115. The van der Waals surface area contributed by atoms with Crippen molar-refractivity contribution in [2.24, 2.45) is 0 Å². The number of hydrogen-bond acceptors (Lipinski definition) is 6. The molecule has 0 saturated heterocycles. The van der Waals surface area contributed by atoms with Gasteiger partial charge in [0.25, 0.3) is 0 Å². The van der Waals surface area contributed by atoms with Gasteiger partial charge < -0.3 is 14.2 Å². The lowest BCUT2D eigenvalue weighted by atomic mass is 10.2. The van der Waals surface area contributed by atoms with Crippen molar-refractivity contribution in [3.8, 4) is 10.8 Å². The Balaban J connectivity index is 1.45. The summed E-state index contributed by atoms with van der Waals surface area (Å²) in [5, 5.41) is 4.78. The Morgan fingerprint density at radius 3 is 3.04 bits per heavy atom. The maximum absolute atomic E-state index is 12.2. The number of hydrogen-bond donors (Lipinski definition) is 1. The third-order valence-corrected chi connectivity index (χ3v) is 4.26. The van der Waals surface area contributed by atoms with Crippen molar-refractivity contribution in [3.05, 3.63) is 53.6 Å². The Bertz CT molecular complexity index is 1000. The number of aromatic nitrogens is 2.